The molecule has 0 saturated heterocycles. The van der Waals surface area contributed by atoms with Crippen LogP contribution in [0.15, 0.2) is 59.1 Å². The van der Waals surface area contributed by atoms with Crippen molar-refractivity contribution < 1.29 is 4.79 Å². The van der Waals surface area contributed by atoms with Crippen molar-refractivity contribution in [3.8, 4) is 0 Å². The van der Waals surface area contributed by atoms with Crippen LogP contribution in [0.25, 0.3) is 0 Å². The van der Waals surface area contributed by atoms with E-state index in [1.807, 2.05) is 54.6 Å². The second-order valence-electron chi connectivity index (χ2n) is 5.60. The van der Waals surface area contributed by atoms with Gasteiger partial charge in [-0.25, -0.2) is 4.68 Å². The van der Waals surface area contributed by atoms with Crippen LogP contribution in [-0.2, 0) is 13.0 Å². The molecule has 0 aliphatic heterocycles. The number of benzene rings is 2. The van der Waals surface area contributed by atoms with Gasteiger partial charge in [-0.05, 0) is 29.7 Å². The number of carbonyl (C=O) groups is 1. The lowest BCUT2D eigenvalue weighted by molar-refractivity contribution is 0.0950. The van der Waals surface area contributed by atoms with E-state index in [0.717, 1.165) is 22.0 Å². The summed E-state index contributed by atoms with van der Waals surface area (Å²) in [4.78, 5) is 12.3. The summed E-state index contributed by atoms with van der Waals surface area (Å²) in [5, 5.41) is 10.7. The first-order valence-corrected chi connectivity index (χ1v) is 8.68. The molecule has 1 amide bonds. The summed E-state index contributed by atoms with van der Waals surface area (Å²) in [6, 6.07) is 17.8. The van der Waals surface area contributed by atoms with Crippen molar-refractivity contribution in [3.05, 3.63) is 75.9 Å². The van der Waals surface area contributed by atoms with E-state index in [2.05, 4.69) is 31.6 Å². The zero-order valence-corrected chi connectivity index (χ0v) is 15.1. The number of nitrogens with zero attached hydrogens (tertiary/aromatic N) is 3. The van der Waals surface area contributed by atoms with E-state index in [1.54, 1.807) is 0 Å². The van der Waals surface area contributed by atoms with Crippen LogP contribution in [0, 0.1) is 0 Å². The summed E-state index contributed by atoms with van der Waals surface area (Å²) in [6.07, 6.45) is 0.749. The Labute approximate surface area is 154 Å². The molecule has 0 atom stereocenters. The molecule has 0 bridgehead atoms. The lowest BCUT2D eigenvalue weighted by Crippen LogP contribution is -2.27. The molecular weight excluding hydrogens is 382 g/mol. The van der Waals surface area contributed by atoms with Crippen LogP contribution in [0.5, 0.6) is 0 Å². The Hall–Kier alpha value is -2.67. The van der Waals surface area contributed by atoms with Crippen molar-refractivity contribution in [2.24, 2.45) is 0 Å². The molecule has 0 fully saturated rings. The number of hydrogen-bond donors (Lipinski definition) is 2. The molecule has 3 rings (SSSR count). The summed E-state index contributed by atoms with van der Waals surface area (Å²) in [6.45, 7) is 0.969. The molecule has 0 radical (unpaired) electrons. The summed E-state index contributed by atoms with van der Waals surface area (Å²) in [5.41, 5.74) is 8.37. The fraction of sp³-hybridized carbons (Fsp3) is 0.167. The largest absolute Gasteiger partial charge is 0.382 e. The van der Waals surface area contributed by atoms with Gasteiger partial charge >= 0.3 is 0 Å². The van der Waals surface area contributed by atoms with Crippen LogP contribution < -0.4 is 11.1 Å². The fourth-order valence-corrected chi connectivity index (χ4v) is 2.90. The van der Waals surface area contributed by atoms with Gasteiger partial charge in [0.05, 0.1) is 6.54 Å². The average molecular weight is 400 g/mol. The number of aromatic nitrogens is 3. The van der Waals surface area contributed by atoms with Crippen molar-refractivity contribution in [1.82, 2.24) is 20.3 Å². The van der Waals surface area contributed by atoms with Gasteiger partial charge in [-0.2, -0.15) is 0 Å². The Balaban J connectivity index is 1.61. The molecule has 25 heavy (non-hydrogen) atoms. The molecule has 0 saturated carbocycles. The monoisotopic (exact) mass is 399 g/mol. The van der Waals surface area contributed by atoms with Crippen LogP contribution in [-0.4, -0.2) is 27.4 Å². The zero-order valence-electron chi connectivity index (χ0n) is 13.5. The third kappa shape index (κ3) is 4.45. The van der Waals surface area contributed by atoms with Crippen molar-refractivity contribution in [3.63, 3.8) is 0 Å². The van der Waals surface area contributed by atoms with Crippen LogP contribution in [0.2, 0.25) is 0 Å². The maximum Gasteiger partial charge on any atom is 0.275 e. The summed E-state index contributed by atoms with van der Waals surface area (Å²) in [5.74, 6) is -0.0499. The normalized spacial score (nSPS) is 10.6. The van der Waals surface area contributed by atoms with Gasteiger partial charge in [-0.15, -0.1) is 5.10 Å². The molecule has 1 heterocycles. The lowest BCUT2D eigenvalue weighted by Gasteiger charge is -2.06. The SMILES string of the molecule is Nc1c(C(=O)NCCc2ccccc2)nnn1Cc1cccc(Br)c1. The molecule has 0 aliphatic carbocycles. The van der Waals surface area contributed by atoms with Gasteiger partial charge in [-0.1, -0.05) is 63.6 Å². The maximum absolute atomic E-state index is 12.3. The highest BCUT2D eigenvalue weighted by atomic mass is 79.9. The minimum atomic E-state index is -0.311. The first kappa shape index (κ1) is 17.2. The number of hydrogen-bond acceptors (Lipinski definition) is 4. The Kier molecular flexibility index (Phi) is 5.45. The molecule has 0 spiro atoms. The quantitative estimate of drug-likeness (QED) is 0.666. The fourth-order valence-electron chi connectivity index (χ4n) is 2.46. The van der Waals surface area contributed by atoms with Gasteiger partial charge < -0.3 is 11.1 Å². The second-order valence-corrected chi connectivity index (χ2v) is 6.52. The zero-order chi connectivity index (χ0) is 17.6. The number of amides is 1. The van der Waals surface area contributed by atoms with E-state index in [1.165, 1.54) is 4.68 Å². The van der Waals surface area contributed by atoms with Gasteiger partial charge in [0.25, 0.3) is 5.91 Å². The van der Waals surface area contributed by atoms with E-state index in [9.17, 15) is 4.79 Å². The number of rotatable bonds is 6. The topological polar surface area (TPSA) is 85.8 Å². The van der Waals surface area contributed by atoms with E-state index >= 15 is 0 Å². The molecule has 2 aromatic carbocycles. The number of nitrogens with two attached hydrogens (primary N) is 1. The molecule has 3 N–H and O–H groups in total. The minimum Gasteiger partial charge on any atom is -0.382 e. The van der Waals surface area contributed by atoms with Gasteiger partial charge in [-0.3, -0.25) is 4.79 Å². The molecule has 3 aromatic rings. The van der Waals surface area contributed by atoms with Crippen LogP contribution in [0.1, 0.15) is 21.6 Å². The Morgan fingerprint density at radius 3 is 2.64 bits per heavy atom. The molecule has 1 aromatic heterocycles. The lowest BCUT2D eigenvalue weighted by atomic mass is 10.1. The van der Waals surface area contributed by atoms with Gasteiger partial charge in [0, 0.05) is 11.0 Å². The molecule has 7 heteroatoms. The Morgan fingerprint density at radius 1 is 1.12 bits per heavy atom. The van der Waals surface area contributed by atoms with E-state index in [-0.39, 0.29) is 17.4 Å². The standard InChI is InChI=1S/C18H18BrN5O/c19-15-8-4-7-14(11-15)12-24-17(20)16(22-23-24)18(25)21-10-9-13-5-2-1-3-6-13/h1-8,11H,9-10,12,20H2,(H,21,25). The van der Waals surface area contributed by atoms with Crippen molar-refractivity contribution in [1.29, 1.82) is 0 Å². The maximum atomic E-state index is 12.3. The first-order valence-electron chi connectivity index (χ1n) is 7.89. The highest BCUT2D eigenvalue weighted by Gasteiger charge is 2.17. The van der Waals surface area contributed by atoms with Crippen LogP contribution >= 0.6 is 15.9 Å². The molecule has 0 unspecified atom stereocenters. The van der Waals surface area contributed by atoms with Gasteiger partial charge in [0.1, 0.15) is 0 Å². The van der Waals surface area contributed by atoms with Crippen LogP contribution in [0.4, 0.5) is 5.82 Å². The third-order valence-corrected chi connectivity index (χ3v) is 4.25. The number of anilines is 1. The van der Waals surface area contributed by atoms with Crippen LogP contribution in [0.3, 0.4) is 0 Å². The Morgan fingerprint density at radius 2 is 1.88 bits per heavy atom. The number of carbonyl (C=O) groups excluding carboxylic acids is 1. The van der Waals surface area contributed by atoms with Crippen molar-refractivity contribution in [2.75, 3.05) is 12.3 Å². The summed E-state index contributed by atoms with van der Waals surface area (Å²) in [7, 11) is 0. The molecule has 0 aliphatic rings. The molecule has 6 nitrogen and oxygen atoms in total. The highest BCUT2D eigenvalue weighted by Crippen LogP contribution is 2.15. The molecule has 128 valence electrons. The number of halogens is 1. The van der Waals surface area contributed by atoms with E-state index < -0.39 is 0 Å². The van der Waals surface area contributed by atoms with Crippen molar-refractivity contribution in [2.45, 2.75) is 13.0 Å². The first-order chi connectivity index (χ1) is 12.1. The Bertz CT molecular complexity index is 863. The highest BCUT2D eigenvalue weighted by molar-refractivity contribution is 9.10. The van der Waals surface area contributed by atoms with E-state index in [4.69, 9.17) is 5.73 Å². The molecular formula is C18H18BrN5O. The predicted molar refractivity (Wildman–Crippen MR) is 100 cm³/mol. The van der Waals surface area contributed by atoms with E-state index in [0.29, 0.717) is 13.1 Å². The second kappa shape index (κ2) is 7.94. The van der Waals surface area contributed by atoms with Gasteiger partial charge in [0.2, 0.25) is 0 Å². The minimum absolute atomic E-state index is 0.156. The average Bonchev–Trinajstić information content (AvgIpc) is 2.96. The number of nitrogens with one attached hydrogen (secondary N) is 1. The van der Waals surface area contributed by atoms with Gasteiger partial charge in [0.15, 0.2) is 11.5 Å². The predicted octanol–water partition coefficient (Wildman–Crippen LogP) is 2.64. The third-order valence-electron chi connectivity index (χ3n) is 3.75. The number of nitrogen functional groups attached to an aromatic ring is 1. The summed E-state index contributed by atoms with van der Waals surface area (Å²) >= 11 is 3.43. The smallest absolute Gasteiger partial charge is 0.275 e. The summed E-state index contributed by atoms with van der Waals surface area (Å²) < 4.78 is 2.50. The van der Waals surface area contributed by atoms with Crippen molar-refractivity contribution >= 4 is 27.7 Å².